The number of anilines is 9. The van der Waals surface area contributed by atoms with Gasteiger partial charge in [0.2, 0.25) is 0 Å². The van der Waals surface area contributed by atoms with Crippen LogP contribution in [-0.2, 0) is 16.2 Å². The van der Waals surface area contributed by atoms with Gasteiger partial charge in [-0.05, 0) is 140 Å². The van der Waals surface area contributed by atoms with Crippen molar-refractivity contribution in [2.24, 2.45) is 0 Å². The Hall–Kier alpha value is -8.39. The quantitative estimate of drug-likeness (QED) is 0.148. The van der Waals surface area contributed by atoms with Crippen molar-refractivity contribution < 1.29 is 14.2 Å². The molecule has 0 atom stereocenters. The fourth-order valence-corrected chi connectivity index (χ4v) is 14.7. The summed E-state index contributed by atoms with van der Waals surface area (Å²) in [5.41, 5.74) is 18.7. The molecule has 9 aromatic carbocycles. The van der Waals surface area contributed by atoms with E-state index in [9.17, 15) is 0 Å². The van der Waals surface area contributed by atoms with Gasteiger partial charge in [0.1, 0.15) is 34.5 Å². The Kier molecular flexibility index (Phi) is 10.6. The first-order chi connectivity index (χ1) is 38.3. The third-order valence-electron chi connectivity index (χ3n) is 17.3. The zero-order valence-corrected chi connectivity index (χ0v) is 46.5. The Bertz CT molecular complexity index is 4080. The molecular formula is C70H59B2N3O3S. The van der Waals surface area contributed by atoms with Crippen LogP contribution in [0.2, 0.25) is 0 Å². The van der Waals surface area contributed by atoms with Crippen molar-refractivity contribution in [3.05, 3.63) is 222 Å². The molecule has 5 heterocycles. The molecule has 0 radical (unpaired) electrons. The van der Waals surface area contributed by atoms with Crippen LogP contribution in [0.1, 0.15) is 77.3 Å². The first-order valence-corrected chi connectivity index (χ1v) is 28.7. The first kappa shape index (κ1) is 47.8. The molecule has 0 saturated heterocycles. The fourth-order valence-electron chi connectivity index (χ4n) is 13.3. The number of para-hydroxylation sites is 5. The largest absolute Gasteiger partial charge is 0.458 e. The summed E-state index contributed by atoms with van der Waals surface area (Å²) >= 11 is 1.96. The van der Waals surface area contributed by atoms with Crippen LogP contribution in [0.4, 0.5) is 51.2 Å². The van der Waals surface area contributed by atoms with Gasteiger partial charge < -0.3 is 28.9 Å². The van der Waals surface area contributed by atoms with Gasteiger partial charge in [-0.2, -0.15) is 11.3 Å². The summed E-state index contributed by atoms with van der Waals surface area (Å²) in [6.45, 7) is 16.4. The number of rotatable bonds is 7. The summed E-state index contributed by atoms with van der Waals surface area (Å²) in [4.78, 5) is 8.77. The molecule has 0 fully saturated rings. The van der Waals surface area contributed by atoms with E-state index in [0.29, 0.717) is 5.75 Å². The van der Waals surface area contributed by atoms with Gasteiger partial charge in [-0.3, -0.25) is 0 Å². The predicted octanol–water partition coefficient (Wildman–Crippen LogP) is 15.5. The van der Waals surface area contributed by atoms with E-state index in [0.717, 1.165) is 98.0 Å². The minimum absolute atomic E-state index is 0.0268. The number of thiophene rings is 1. The summed E-state index contributed by atoms with van der Waals surface area (Å²) in [6, 6.07) is 74.4. The van der Waals surface area contributed by atoms with E-state index in [4.69, 9.17) is 14.2 Å². The van der Waals surface area contributed by atoms with Crippen LogP contribution in [0, 0.1) is 0 Å². The fraction of sp³-hybridized carbons (Fsp3) is 0.171. The lowest BCUT2D eigenvalue weighted by atomic mass is 9.31. The topological polar surface area (TPSA) is 37.4 Å². The Morgan fingerprint density at radius 2 is 0.949 bits per heavy atom. The van der Waals surface area contributed by atoms with Gasteiger partial charge in [0.15, 0.2) is 0 Å². The summed E-state index contributed by atoms with van der Waals surface area (Å²) in [5, 5.41) is 0. The maximum Gasteiger partial charge on any atom is 0.264 e. The minimum atomic E-state index is -0.152. The highest BCUT2D eigenvalue weighted by atomic mass is 32.1. The van der Waals surface area contributed by atoms with E-state index in [2.05, 4.69) is 209 Å². The minimum Gasteiger partial charge on any atom is -0.458 e. The van der Waals surface area contributed by atoms with Crippen LogP contribution < -0.4 is 61.0 Å². The molecule has 1 aromatic heterocycles. The number of benzene rings is 9. The molecule has 0 unspecified atom stereocenters. The second-order valence-corrected chi connectivity index (χ2v) is 25.4. The molecule has 10 aromatic rings. The number of hydrogen-bond acceptors (Lipinski definition) is 7. The molecule has 0 saturated carbocycles. The molecule has 0 spiro atoms. The molecule has 6 nitrogen and oxygen atoms in total. The number of fused-ring (bicyclic) bond motifs is 9. The first-order valence-electron chi connectivity index (χ1n) is 27.8. The Balaban J connectivity index is 1.03. The van der Waals surface area contributed by atoms with Crippen molar-refractivity contribution in [1.29, 1.82) is 0 Å². The molecule has 1 aliphatic carbocycles. The summed E-state index contributed by atoms with van der Waals surface area (Å²) in [5.74, 6) is 4.64. The third kappa shape index (κ3) is 7.60. The number of hydrogen-bond donors (Lipinski definition) is 0. The van der Waals surface area contributed by atoms with Crippen molar-refractivity contribution >= 4 is 108 Å². The SMILES string of the molecule is CC(C)(C)c1cc2c(s1)B1c3cc4c(cc3N(c3ccc5c(c3)C(C)(C)CCC5(C)C)c3cc(Oc5ccccc5)cc(c31)N2c1ccccc1)Oc1cc(Oc2ccccc2)cc2c1B4c1ccccc1N2c1ccccc1. The predicted molar refractivity (Wildman–Crippen MR) is 331 cm³/mol. The van der Waals surface area contributed by atoms with E-state index in [-0.39, 0.29) is 29.7 Å². The maximum atomic E-state index is 7.53. The van der Waals surface area contributed by atoms with Gasteiger partial charge in [0.05, 0.1) is 5.69 Å². The average Bonchev–Trinajstić information content (AvgIpc) is 4.03. The Morgan fingerprint density at radius 3 is 1.57 bits per heavy atom. The van der Waals surface area contributed by atoms with Crippen LogP contribution in [0.3, 0.4) is 0 Å². The lowest BCUT2D eigenvalue weighted by Crippen LogP contribution is -2.64. The van der Waals surface area contributed by atoms with Crippen LogP contribution in [0.25, 0.3) is 0 Å². The van der Waals surface area contributed by atoms with Gasteiger partial charge in [0, 0.05) is 85.5 Å². The van der Waals surface area contributed by atoms with Crippen molar-refractivity contribution in [3.63, 3.8) is 0 Å². The second kappa shape index (κ2) is 17.6. The molecule has 79 heavy (non-hydrogen) atoms. The van der Waals surface area contributed by atoms with Crippen LogP contribution >= 0.6 is 11.3 Å². The van der Waals surface area contributed by atoms with E-state index in [1.165, 1.54) is 42.9 Å². The molecule has 0 amide bonds. The van der Waals surface area contributed by atoms with Gasteiger partial charge >= 0.3 is 0 Å². The maximum absolute atomic E-state index is 7.53. The molecule has 0 N–H and O–H groups in total. The Morgan fingerprint density at radius 1 is 0.418 bits per heavy atom. The summed E-state index contributed by atoms with van der Waals surface area (Å²) < 4.78 is 22.6. The van der Waals surface area contributed by atoms with E-state index < -0.39 is 0 Å². The highest BCUT2D eigenvalue weighted by Crippen LogP contribution is 2.53. The molecule has 0 bridgehead atoms. The molecule has 9 heteroatoms. The highest BCUT2D eigenvalue weighted by Gasteiger charge is 2.49. The molecular weight excluding hydrogens is 984 g/mol. The van der Waals surface area contributed by atoms with Gasteiger partial charge in [-0.1, -0.05) is 152 Å². The molecule has 384 valence electrons. The normalized spacial score (nSPS) is 15.6. The monoisotopic (exact) mass is 1040 g/mol. The van der Waals surface area contributed by atoms with E-state index in [1.807, 2.05) is 72.0 Å². The van der Waals surface area contributed by atoms with Gasteiger partial charge in [-0.25, -0.2) is 0 Å². The van der Waals surface area contributed by atoms with Crippen LogP contribution in [0.5, 0.6) is 34.5 Å². The van der Waals surface area contributed by atoms with Crippen LogP contribution in [0.15, 0.2) is 206 Å². The highest BCUT2D eigenvalue weighted by molar-refractivity contribution is 7.29. The number of ether oxygens (including phenoxy) is 3. The lowest BCUT2D eigenvalue weighted by Gasteiger charge is -2.45. The molecule has 15 rings (SSSR count). The van der Waals surface area contributed by atoms with Crippen molar-refractivity contribution in [1.82, 2.24) is 0 Å². The lowest BCUT2D eigenvalue weighted by molar-refractivity contribution is 0.332. The Labute approximate surface area is 468 Å². The summed E-state index contributed by atoms with van der Waals surface area (Å²) in [6.07, 6.45) is 2.25. The van der Waals surface area contributed by atoms with E-state index in [1.54, 1.807) is 0 Å². The smallest absolute Gasteiger partial charge is 0.264 e. The summed E-state index contributed by atoms with van der Waals surface area (Å²) in [7, 11) is 0. The van der Waals surface area contributed by atoms with Crippen LogP contribution in [-0.4, -0.2) is 13.4 Å². The van der Waals surface area contributed by atoms with Crippen molar-refractivity contribution in [3.8, 4) is 34.5 Å². The molecule has 5 aliphatic rings. The van der Waals surface area contributed by atoms with Crippen molar-refractivity contribution in [2.75, 3.05) is 14.7 Å². The second-order valence-electron chi connectivity index (χ2n) is 24.3. The van der Waals surface area contributed by atoms with Gasteiger partial charge in [-0.15, -0.1) is 0 Å². The van der Waals surface area contributed by atoms with Crippen molar-refractivity contribution in [2.45, 2.75) is 77.6 Å². The third-order valence-corrected chi connectivity index (χ3v) is 18.9. The average molecular weight is 1040 g/mol. The van der Waals surface area contributed by atoms with Gasteiger partial charge in [0.25, 0.3) is 13.4 Å². The number of nitrogens with zero attached hydrogens (tertiary/aromatic N) is 3. The van der Waals surface area contributed by atoms with E-state index >= 15 is 0 Å². The zero-order chi connectivity index (χ0) is 53.5. The standard InChI is InChI=1S/C70H59B2N3O3S/c1-68(2,3)64-43-61-67(79-64)72-54-41-55-62(78-63-40-50(77-48-28-18-11-19-29-48)39-60-66(63)71(55)53-30-20-21-31-56(53)73(60)44-22-12-8-13-23-44)42-57(54)75(46-32-33-51-52(36-46)70(6,7)35-34-69(51,4)5)59-38-49(76-47-26-16-10-17-27-47)37-58(65(59)72)74(61)45-24-14-9-15-25-45/h8-33,36-43H,34-35H2,1-7H3. The molecule has 4 aliphatic heterocycles. The zero-order valence-electron chi connectivity index (χ0n) is 45.7.